The van der Waals surface area contributed by atoms with Gasteiger partial charge < -0.3 is 5.32 Å². The normalized spacial score (nSPS) is 10.1. The number of benzene rings is 1. The van der Waals surface area contributed by atoms with Crippen molar-refractivity contribution in [3.05, 3.63) is 57.4 Å². The Balaban J connectivity index is 2.00. The molecule has 92 valence electrons. The standard InChI is InChI=1S/C11H9ClN4O2/c12-9-3-1-2-8(4-9)5-13-11-14-6-10(7-15-11)16(17)18/h1-4,6-7H,5H2,(H,13,14,15). The van der Waals surface area contributed by atoms with E-state index in [0.29, 0.717) is 17.5 Å². The lowest BCUT2D eigenvalue weighted by molar-refractivity contribution is -0.385. The van der Waals surface area contributed by atoms with Crippen molar-refractivity contribution in [2.24, 2.45) is 0 Å². The number of aromatic nitrogens is 2. The van der Waals surface area contributed by atoms with E-state index >= 15 is 0 Å². The summed E-state index contributed by atoms with van der Waals surface area (Å²) >= 11 is 5.85. The molecule has 0 aliphatic heterocycles. The SMILES string of the molecule is O=[N+]([O-])c1cnc(NCc2cccc(Cl)c2)nc1. The maximum Gasteiger partial charge on any atom is 0.305 e. The van der Waals surface area contributed by atoms with Crippen LogP contribution in [0.4, 0.5) is 11.6 Å². The second-order valence-corrected chi connectivity index (χ2v) is 3.94. The highest BCUT2D eigenvalue weighted by atomic mass is 35.5. The molecule has 0 spiro atoms. The van der Waals surface area contributed by atoms with Gasteiger partial charge in [0.1, 0.15) is 12.4 Å². The van der Waals surface area contributed by atoms with E-state index < -0.39 is 4.92 Å². The number of nitro groups is 1. The van der Waals surface area contributed by atoms with Gasteiger partial charge in [-0.3, -0.25) is 10.1 Å². The lowest BCUT2D eigenvalue weighted by Crippen LogP contribution is -2.03. The van der Waals surface area contributed by atoms with Gasteiger partial charge in [-0.15, -0.1) is 0 Å². The Labute approximate surface area is 108 Å². The molecule has 2 aromatic rings. The zero-order valence-electron chi connectivity index (χ0n) is 9.21. The highest BCUT2D eigenvalue weighted by molar-refractivity contribution is 6.30. The molecule has 0 bridgehead atoms. The van der Waals surface area contributed by atoms with E-state index in [9.17, 15) is 10.1 Å². The topological polar surface area (TPSA) is 81.0 Å². The zero-order chi connectivity index (χ0) is 13.0. The predicted octanol–water partition coefficient (Wildman–Crippen LogP) is 2.65. The molecule has 18 heavy (non-hydrogen) atoms. The first-order chi connectivity index (χ1) is 8.65. The summed E-state index contributed by atoms with van der Waals surface area (Å²) in [7, 11) is 0. The van der Waals surface area contributed by atoms with Crippen LogP contribution in [0.2, 0.25) is 5.02 Å². The van der Waals surface area contributed by atoms with Crippen molar-refractivity contribution < 1.29 is 4.92 Å². The van der Waals surface area contributed by atoms with Crippen molar-refractivity contribution in [2.75, 3.05) is 5.32 Å². The lowest BCUT2D eigenvalue weighted by atomic mass is 10.2. The molecule has 0 saturated carbocycles. The Kier molecular flexibility index (Phi) is 3.69. The fraction of sp³-hybridized carbons (Fsp3) is 0.0909. The van der Waals surface area contributed by atoms with Crippen molar-refractivity contribution in [1.29, 1.82) is 0 Å². The first-order valence-electron chi connectivity index (χ1n) is 5.10. The summed E-state index contributed by atoms with van der Waals surface area (Å²) in [6.07, 6.45) is 2.32. The molecule has 1 N–H and O–H groups in total. The Morgan fingerprint density at radius 2 is 2.06 bits per heavy atom. The highest BCUT2D eigenvalue weighted by Crippen LogP contribution is 2.12. The van der Waals surface area contributed by atoms with E-state index in [1.54, 1.807) is 6.07 Å². The average Bonchev–Trinajstić information content (AvgIpc) is 2.37. The van der Waals surface area contributed by atoms with E-state index in [1.165, 1.54) is 0 Å². The number of nitrogens with one attached hydrogen (secondary N) is 1. The summed E-state index contributed by atoms with van der Waals surface area (Å²) in [5.41, 5.74) is 0.841. The van der Waals surface area contributed by atoms with Crippen LogP contribution in [0.3, 0.4) is 0 Å². The van der Waals surface area contributed by atoms with Crippen LogP contribution in [0.15, 0.2) is 36.7 Å². The molecule has 0 aliphatic rings. The van der Waals surface area contributed by atoms with E-state index in [0.717, 1.165) is 18.0 Å². The fourth-order valence-corrected chi connectivity index (χ4v) is 1.55. The molecule has 7 heteroatoms. The molecule has 0 saturated heterocycles. The molecule has 0 atom stereocenters. The fourth-order valence-electron chi connectivity index (χ4n) is 1.33. The molecule has 0 unspecified atom stereocenters. The summed E-state index contributed by atoms with van der Waals surface area (Å²) in [6.45, 7) is 0.498. The Morgan fingerprint density at radius 3 is 2.67 bits per heavy atom. The van der Waals surface area contributed by atoms with E-state index in [-0.39, 0.29) is 5.69 Å². The lowest BCUT2D eigenvalue weighted by Gasteiger charge is -2.04. The number of anilines is 1. The largest absolute Gasteiger partial charge is 0.350 e. The highest BCUT2D eigenvalue weighted by Gasteiger charge is 2.06. The Hall–Kier alpha value is -2.21. The van der Waals surface area contributed by atoms with Gasteiger partial charge in [-0.05, 0) is 17.7 Å². The summed E-state index contributed by atoms with van der Waals surface area (Å²) in [4.78, 5) is 17.6. The summed E-state index contributed by atoms with van der Waals surface area (Å²) in [5.74, 6) is 0.334. The van der Waals surface area contributed by atoms with Gasteiger partial charge in [-0.2, -0.15) is 0 Å². The quantitative estimate of drug-likeness (QED) is 0.678. The van der Waals surface area contributed by atoms with Gasteiger partial charge >= 0.3 is 5.69 Å². The zero-order valence-corrected chi connectivity index (χ0v) is 9.96. The second-order valence-electron chi connectivity index (χ2n) is 3.51. The van der Waals surface area contributed by atoms with Crippen molar-refractivity contribution in [2.45, 2.75) is 6.54 Å². The van der Waals surface area contributed by atoms with E-state index in [1.807, 2.05) is 18.2 Å². The molecule has 0 radical (unpaired) electrons. The monoisotopic (exact) mass is 264 g/mol. The van der Waals surface area contributed by atoms with Gasteiger partial charge in [0, 0.05) is 11.6 Å². The molecule has 1 heterocycles. The van der Waals surface area contributed by atoms with Gasteiger partial charge in [0.05, 0.1) is 4.92 Å². The number of halogens is 1. The van der Waals surface area contributed by atoms with E-state index in [4.69, 9.17) is 11.6 Å². The maximum atomic E-state index is 10.4. The van der Waals surface area contributed by atoms with Crippen LogP contribution in [-0.2, 0) is 6.54 Å². The first kappa shape index (κ1) is 12.3. The second kappa shape index (κ2) is 5.42. The van der Waals surface area contributed by atoms with Crippen LogP contribution in [0.1, 0.15) is 5.56 Å². The van der Waals surface area contributed by atoms with Crippen LogP contribution in [0.5, 0.6) is 0 Å². The molecule has 1 aromatic heterocycles. The summed E-state index contributed by atoms with van der Waals surface area (Å²) in [5, 5.41) is 14.0. The third kappa shape index (κ3) is 3.14. The average molecular weight is 265 g/mol. The molecule has 1 aromatic carbocycles. The van der Waals surface area contributed by atoms with Crippen molar-refractivity contribution >= 4 is 23.2 Å². The Bertz CT molecular complexity index is 559. The minimum Gasteiger partial charge on any atom is -0.350 e. The Morgan fingerprint density at radius 1 is 1.33 bits per heavy atom. The molecule has 2 rings (SSSR count). The number of hydrogen-bond acceptors (Lipinski definition) is 5. The van der Waals surface area contributed by atoms with Gasteiger partial charge in [0.25, 0.3) is 0 Å². The molecular weight excluding hydrogens is 256 g/mol. The number of nitrogens with zero attached hydrogens (tertiary/aromatic N) is 3. The van der Waals surface area contributed by atoms with Crippen molar-refractivity contribution in [3.63, 3.8) is 0 Å². The van der Waals surface area contributed by atoms with Crippen molar-refractivity contribution in [1.82, 2.24) is 9.97 Å². The third-order valence-corrected chi connectivity index (χ3v) is 2.42. The van der Waals surface area contributed by atoms with Gasteiger partial charge in [-0.25, -0.2) is 9.97 Å². The van der Waals surface area contributed by atoms with E-state index in [2.05, 4.69) is 15.3 Å². The minimum absolute atomic E-state index is 0.136. The van der Waals surface area contributed by atoms with Crippen LogP contribution >= 0.6 is 11.6 Å². The maximum absolute atomic E-state index is 10.4. The first-order valence-corrected chi connectivity index (χ1v) is 5.48. The molecular formula is C11H9ClN4O2. The summed E-state index contributed by atoms with van der Waals surface area (Å²) in [6, 6.07) is 7.35. The third-order valence-electron chi connectivity index (χ3n) is 2.19. The molecule has 0 fully saturated rings. The van der Waals surface area contributed by atoms with Crippen LogP contribution in [0.25, 0.3) is 0 Å². The minimum atomic E-state index is -0.541. The molecule has 6 nitrogen and oxygen atoms in total. The smallest absolute Gasteiger partial charge is 0.305 e. The molecule has 0 aliphatic carbocycles. The molecule has 0 amide bonds. The predicted molar refractivity (Wildman–Crippen MR) is 67.5 cm³/mol. The van der Waals surface area contributed by atoms with Crippen LogP contribution < -0.4 is 5.32 Å². The van der Waals surface area contributed by atoms with Gasteiger partial charge in [-0.1, -0.05) is 23.7 Å². The summed E-state index contributed by atoms with van der Waals surface area (Å²) < 4.78 is 0. The van der Waals surface area contributed by atoms with Gasteiger partial charge in [0.15, 0.2) is 0 Å². The van der Waals surface area contributed by atoms with Crippen LogP contribution in [-0.4, -0.2) is 14.9 Å². The van der Waals surface area contributed by atoms with Crippen molar-refractivity contribution in [3.8, 4) is 0 Å². The van der Waals surface area contributed by atoms with Gasteiger partial charge in [0.2, 0.25) is 5.95 Å². The number of rotatable bonds is 4. The number of hydrogen-bond donors (Lipinski definition) is 1. The van der Waals surface area contributed by atoms with Crippen LogP contribution in [0, 0.1) is 10.1 Å².